The van der Waals surface area contributed by atoms with Crippen LogP contribution in [-0.4, -0.2) is 59.9 Å². The Morgan fingerprint density at radius 3 is 2.61 bits per heavy atom. The van der Waals surface area contributed by atoms with Crippen LogP contribution in [0.4, 0.5) is 0 Å². The molecule has 2 saturated heterocycles. The van der Waals surface area contributed by atoms with Crippen molar-refractivity contribution in [3.05, 3.63) is 0 Å². The minimum Gasteiger partial charge on any atom is -0.451 e. The van der Waals surface area contributed by atoms with E-state index in [0.29, 0.717) is 26.1 Å². The summed E-state index contributed by atoms with van der Waals surface area (Å²) in [6.07, 6.45) is 3.32. The molecule has 1 N–H and O–H groups in total. The first kappa shape index (κ1) is 18.2. The van der Waals surface area contributed by atoms with Gasteiger partial charge in [0.1, 0.15) is 0 Å². The van der Waals surface area contributed by atoms with E-state index in [1.165, 1.54) is 0 Å². The summed E-state index contributed by atoms with van der Waals surface area (Å²) in [6, 6.07) is 0.234. The van der Waals surface area contributed by atoms with Crippen molar-refractivity contribution in [1.29, 1.82) is 0 Å². The van der Waals surface area contributed by atoms with E-state index in [2.05, 4.69) is 6.92 Å². The van der Waals surface area contributed by atoms with E-state index >= 15 is 0 Å². The van der Waals surface area contributed by atoms with E-state index in [4.69, 9.17) is 9.47 Å². The Kier molecular flexibility index (Phi) is 6.84. The van der Waals surface area contributed by atoms with Crippen molar-refractivity contribution in [2.45, 2.75) is 70.6 Å². The SMILES string of the molecule is CC[C@@H]1CCCCN1C(=O)[C@@H](C)OC(=O)[C@H](O)C1CCOCC1. The molecule has 0 aromatic carbocycles. The highest BCUT2D eigenvalue weighted by Gasteiger charge is 2.34. The summed E-state index contributed by atoms with van der Waals surface area (Å²) in [4.78, 5) is 26.5. The predicted molar refractivity (Wildman–Crippen MR) is 84.7 cm³/mol. The third-order valence-corrected chi connectivity index (χ3v) is 4.98. The van der Waals surface area contributed by atoms with Crippen molar-refractivity contribution in [1.82, 2.24) is 4.90 Å². The molecule has 0 radical (unpaired) electrons. The molecule has 0 spiro atoms. The van der Waals surface area contributed by atoms with Gasteiger partial charge in [-0.05, 0) is 45.4 Å². The molecule has 0 saturated carbocycles. The van der Waals surface area contributed by atoms with Gasteiger partial charge in [-0.3, -0.25) is 4.79 Å². The fraction of sp³-hybridized carbons (Fsp3) is 0.882. The van der Waals surface area contributed by atoms with Gasteiger partial charge < -0.3 is 19.5 Å². The molecule has 2 fully saturated rings. The lowest BCUT2D eigenvalue weighted by Gasteiger charge is -2.36. The minimum atomic E-state index is -1.17. The Morgan fingerprint density at radius 1 is 1.26 bits per heavy atom. The van der Waals surface area contributed by atoms with Crippen LogP contribution in [0.25, 0.3) is 0 Å². The lowest BCUT2D eigenvalue weighted by molar-refractivity contribution is -0.171. The van der Waals surface area contributed by atoms with E-state index in [-0.39, 0.29) is 17.9 Å². The van der Waals surface area contributed by atoms with E-state index in [0.717, 1.165) is 32.2 Å². The maximum Gasteiger partial charge on any atom is 0.336 e. The third kappa shape index (κ3) is 4.67. The van der Waals surface area contributed by atoms with Crippen molar-refractivity contribution in [3.63, 3.8) is 0 Å². The lowest BCUT2D eigenvalue weighted by atomic mass is 9.94. The van der Waals surface area contributed by atoms with Crippen LogP contribution in [0.2, 0.25) is 0 Å². The van der Waals surface area contributed by atoms with Crippen LogP contribution < -0.4 is 0 Å². The van der Waals surface area contributed by atoms with Crippen molar-refractivity contribution in [2.24, 2.45) is 5.92 Å². The molecular formula is C17H29NO5. The largest absolute Gasteiger partial charge is 0.451 e. The second-order valence-electron chi connectivity index (χ2n) is 6.56. The van der Waals surface area contributed by atoms with Gasteiger partial charge in [0.25, 0.3) is 5.91 Å². The molecule has 1 amide bonds. The number of rotatable bonds is 5. The Labute approximate surface area is 138 Å². The first-order valence-corrected chi connectivity index (χ1v) is 8.81. The molecule has 2 heterocycles. The van der Waals surface area contributed by atoms with Crippen LogP contribution in [0, 0.1) is 5.92 Å². The van der Waals surface area contributed by atoms with Gasteiger partial charge >= 0.3 is 5.97 Å². The number of ether oxygens (including phenoxy) is 2. The number of piperidine rings is 1. The van der Waals surface area contributed by atoms with Gasteiger partial charge in [-0.2, -0.15) is 0 Å². The molecular weight excluding hydrogens is 298 g/mol. The number of aliphatic hydroxyl groups excluding tert-OH is 1. The normalized spacial score (nSPS) is 25.7. The first-order valence-electron chi connectivity index (χ1n) is 8.81. The van der Waals surface area contributed by atoms with Gasteiger partial charge in [0, 0.05) is 31.7 Å². The molecule has 3 atom stereocenters. The standard InChI is InChI=1S/C17H29NO5/c1-3-14-6-4-5-9-18(14)16(20)12(2)23-17(21)15(19)13-7-10-22-11-8-13/h12-15,19H,3-11H2,1-2H3/t12-,14-,15-/m1/s1. The van der Waals surface area contributed by atoms with Crippen molar-refractivity contribution in [2.75, 3.05) is 19.8 Å². The van der Waals surface area contributed by atoms with Crippen LogP contribution in [-0.2, 0) is 19.1 Å². The molecule has 0 aromatic heterocycles. The van der Waals surface area contributed by atoms with Crippen LogP contribution in [0.1, 0.15) is 52.4 Å². The number of hydrogen-bond acceptors (Lipinski definition) is 5. The van der Waals surface area contributed by atoms with E-state index in [9.17, 15) is 14.7 Å². The van der Waals surface area contributed by atoms with Gasteiger partial charge in [0.2, 0.25) is 0 Å². The maximum absolute atomic E-state index is 12.5. The van der Waals surface area contributed by atoms with Gasteiger partial charge in [0.15, 0.2) is 12.2 Å². The van der Waals surface area contributed by atoms with Crippen LogP contribution in [0.5, 0.6) is 0 Å². The molecule has 2 aliphatic rings. The molecule has 0 unspecified atom stereocenters. The average molecular weight is 327 g/mol. The molecule has 6 heteroatoms. The van der Waals surface area contributed by atoms with Gasteiger partial charge in [-0.25, -0.2) is 4.79 Å². The summed E-state index contributed by atoms with van der Waals surface area (Å²) >= 11 is 0. The number of aliphatic hydroxyl groups is 1. The summed E-state index contributed by atoms with van der Waals surface area (Å²) in [5, 5.41) is 10.1. The molecule has 2 aliphatic heterocycles. The number of amides is 1. The molecule has 23 heavy (non-hydrogen) atoms. The average Bonchev–Trinajstić information content (AvgIpc) is 2.60. The quantitative estimate of drug-likeness (QED) is 0.774. The Bertz CT molecular complexity index is 408. The summed E-state index contributed by atoms with van der Waals surface area (Å²) in [7, 11) is 0. The molecule has 0 aliphatic carbocycles. The van der Waals surface area contributed by atoms with Crippen molar-refractivity contribution < 1.29 is 24.2 Å². The van der Waals surface area contributed by atoms with E-state index in [1.807, 2.05) is 4.90 Å². The summed E-state index contributed by atoms with van der Waals surface area (Å²) in [5.74, 6) is -0.983. The first-order chi connectivity index (χ1) is 11.0. The maximum atomic E-state index is 12.5. The van der Waals surface area contributed by atoms with Crippen molar-refractivity contribution in [3.8, 4) is 0 Å². The monoisotopic (exact) mass is 327 g/mol. The molecule has 0 aromatic rings. The number of hydrogen-bond donors (Lipinski definition) is 1. The minimum absolute atomic E-state index is 0.142. The Balaban J connectivity index is 1.87. The smallest absolute Gasteiger partial charge is 0.336 e. The summed E-state index contributed by atoms with van der Waals surface area (Å²) in [6.45, 7) is 5.49. The number of nitrogens with zero attached hydrogens (tertiary/aromatic N) is 1. The fourth-order valence-corrected chi connectivity index (χ4v) is 3.47. The topological polar surface area (TPSA) is 76.1 Å². The van der Waals surface area contributed by atoms with Gasteiger partial charge in [-0.1, -0.05) is 6.92 Å². The third-order valence-electron chi connectivity index (χ3n) is 4.98. The molecule has 0 bridgehead atoms. The zero-order valence-corrected chi connectivity index (χ0v) is 14.2. The Hall–Kier alpha value is -1.14. The number of carbonyl (C=O) groups is 2. The second-order valence-corrected chi connectivity index (χ2v) is 6.56. The number of likely N-dealkylation sites (tertiary alicyclic amines) is 1. The molecule has 6 nitrogen and oxygen atoms in total. The van der Waals surface area contributed by atoms with E-state index in [1.54, 1.807) is 6.92 Å². The summed E-state index contributed by atoms with van der Waals surface area (Å²) in [5.41, 5.74) is 0. The molecule has 132 valence electrons. The van der Waals surface area contributed by atoms with Crippen molar-refractivity contribution >= 4 is 11.9 Å². The van der Waals surface area contributed by atoms with Gasteiger partial charge in [-0.15, -0.1) is 0 Å². The lowest BCUT2D eigenvalue weighted by Crippen LogP contribution is -2.49. The second kappa shape index (κ2) is 8.64. The predicted octanol–water partition coefficient (Wildman–Crippen LogP) is 1.50. The fourth-order valence-electron chi connectivity index (χ4n) is 3.47. The number of esters is 1. The highest BCUT2D eigenvalue weighted by molar-refractivity contribution is 5.85. The van der Waals surface area contributed by atoms with E-state index < -0.39 is 18.2 Å². The summed E-state index contributed by atoms with van der Waals surface area (Å²) < 4.78 is 10.5. The number of carbonyl (C=O) groups excluding carboxylic acids is 2. The molecule has 2 rings (SSSR count). The van der Waals surface area contributed by atoms with Gasteiger partial charge in [0.05, 0.1) is 0 Å². The highest BCUT2D eigenvalue weighted by atomic mass is 16.6. The van der Waals surface area contributed by atoms with Crippen LogP contribution in [0.3, 0.4) is 0 Å². The highest BCUT2D eigenvalue weighted by Crippen LogP contribution is 2.22. The zero-order chi connectivity index (χ0) is 16.8. The van der Waals surface area contributed by atoms with Crippen LogP contribution in [0.15, 0.2) is 0 Å². The Morgan fingerprint density at radius 2 is 1.96 bits per heavy atom. The van der Waals surface area contributed by atoms with Crippen LogP contribution >= 0.6 is 0 Å². The zero-order valence-electron chi connectivity index (χ0n) is 14.2.